The van der Waals surface area contributed by atoms with Gasteiger partial charge >= 0.3 is 0 Å². The highest BCUT2D eigenvalue weighted by Crippen LogP contribution is 2.42. The number of hydrogen-bond acceptors (Lipinski definition) is 6. The number of aromatic nitrogens is 3. The maximum atomic E-state index is 5.50. The van der Waals surface area contributed by atoms with E-state index in [1.807, 2.05) is 55.4 Å². The number of anilines is 1. The van der Waals surface area contributed by atoms with Crippen molar-refractivity contribution in [1.29, 1.82) is 0 Å². The van der Waals surface area contributed by atoms with Crippen LogP contribution in [0.15, 0.2) is 58.4 Å². The van der Waals surface area contributed by atoms with Gasteiger partial charge in [-0.25, -0.2) is 4.98 Å². The summed E-state index contributed by atoms with van der Waals surface area (Å²) in [6, 6.07) is 16.3. The van der Waals surface area contributed by atoms with E-state index < -0.39 is 0 Å². The molecule has 0 atom stereocenters. The van der Waals surface area contributed by atoms with E-state index in [1.165, 1.54) is 17.8 Å². The first-order valence-corrected chi connectivity index (χ1v) is 10.2. The Kier molecular flexibility index (Phi) is 4.20. The fraction of sp³-hybridized carbons (Fsp3) is 0.227. The van der Waals surface area contributed by atoms with E-state index in [4.69, 9.17) is 9.51 Å². The van der Waals surface area contributed by atoms with Crippen LogP contribution < -0.4 is 4.90 Å². The van der Waals surface area contributed by atoms with Crippen LogP contribution in [0.25, 0.3) is 34.1 Å². The average molecular weight is 388 g/mol. The molecule has 0 spiro atoms. The molecule has 0 unspecified atom stereocenters. The number of rotatable bonds is 5. The van der Waals surface area contributed by atoms with Gasteiger partial charge in [-0.05, 0) is 31.0 Å². The Morgan fingerprint density at radius 3 is 2.50 bits per heavy atom. The van der Waals surface area contributed by atoms with Gasteiger partial charge in [-0.2, -0.15) is 4.98 Å². The quantitative estimate of drug-likeness (QED) is 0.454. The van der Waals surface area contributed by atoms with Crippen molar-refractivity contribution < 1.29 is 4.52 Å². The molecule has 0 N–H and O–H groups in total. The Morgan fingerprint density at radius 2 is 1.75 bits per heavy atom. The van der Waals surface area contributed by atoms with Crippen LogP contribution in [0, 0.1) is 0 Å². The monoisotopic (exact) mass is 388 g/mol. The first-order chi connectivity index (χ1) is 13.7. The predicted molar refractivity (Wildman–Crippen MR) is 113 cm³/mol. The van der Waals surface area contributed by atoms with Crippen LogP contribution in [0.3, 0.4) is 0 Å². The molecule has 2 heterocycles. The molecule has 4 aromatic rings. The minimum atomic E-state index is 0.524. The van der Waals surface area contributed by atoms with Crippen molar-refractivity contribution >= 4 is 17.0 Å². The van der Waals surface area contributed by atoms with Crippen LogP contribution in [0.1, 0.15) is 23.8 Å². The molecule has 1 saturated carbocycles. The lowest BCUT2D eigenvalue weighted by Crippen LogP contribution is -2.08. The van der Waals surface area contributed by atoms with Gasteiger partial charge in [-0.3, -0.25) is 0 Å². The zero-order valence-electron chi connectivity index (χ0n) is 15.8. The summed E-state index contributed by atoms with van der Waals surface area (Å²) >= 11 is 1.77. The SMILES string of the molecule is CN(C)c1cccc(-c2nc(-c3ccc(-c4csc(C5CC5)n4)cc3)no2)c1. The number of nitrogens with zero attached hydrogens (tertiary/aromatic N) is 4. The highest BCUT2D eigenvalue weighted by atomic mass is 32.1. The van der Waals surface area contributed by atoms with E-state index in [2.05, 4.69) is 27.7 Å². The van der Waals surface area contributed by atoms with Crippen LogP contribution in [0.4, 0.5) is 5.69 Å². The molecule has 6 heteroatoms. The zero-order chi connectivity index (χ0) is 19.1. The summed E-state index contributed by atoms with van der Waals surface area (Å²) in [6.07, 6.45) is 2.56. The zero-order valence-corrected chi connectivity index (χ0v) is 16.6. The van der Waals surface area contributed by atoms with E-state index in [0.717, 1.165) is 28.1 Å². The standard InChI is InChI=1S/C22H20N4OS/c1-26(2)18-5-3-4-17(12-18)21-24-20(25-27-21)15-8-6-14(7-9-15)19-13-28-22(23-19)16-10-11-16/h3-9,12-13,16H,10-11H2,1-2H3. The first-order valence-electron chi connectivity index (χ1n) is 9.35. The second-order valence-electron chi connectivity index (χ2n) is 7.29. The summed E-state index contributed by atoms with van der Waals surface area (Å²) in [6.45, 7) is 0. The molecule has 5 rings (SSSR count). The summed E-state index contributed by atoms with van der Waals surface area (Å²) in [5.74, 6) is 1.81. The number of thiazole rings is 1. The molecule has 140 valence electrons. The molecular formula is C22H20N4OS. The lowest BCUT2D eigenvalue weighted by molar-refractivity contribution is 0.432. The van der Waals surface area contributed by atoms with E-state index in [-0.39, 0.29) is 0 Å². The topological polar surface area (TPSA) is 55.1 Å². The Labute approximate surface area is 167 Å². The van der Waals surface area contributed by atoms with E-state index in [1.54, 1.807) is 11.3 Å². The number of benzene rings is 2. The van der Waals surface area contributed by atoms with Crippen LogP contribution in [-0.2, 0) is 0 Å². The molecule has 0 aliphatic heterocycles. The van der Waals surface area contributed by atoms with Gasteiger partial charge in [0.25, 0.3) is 5.89 Å². The van der Waals surface area contributed by atoms with E-state index in [0.29, 0.717) is 17.6 Å². The Balaban J connectivity index is 1.38. The molecule has 5 nitrogen and oxygen atoms in total. The third kappa shape index (κ3) is 3.31. The van der Waals surface area contributed by atoms with Gasteiger partial charge in [-0.1, -0.05) is 35.5 Å². The maximum Gasteiger partial charge on any atom is 0.258 e. The Bertz CT molecular complexity index is 1110. The van der Waals surface area contributed by atoms with Gasteiger partial charge in [-0.15, -0.1) is 11.3 Å². The molecule has 0 amide bonds. The maximum absolute atomic E-state index is 5.50. The average Bonchev–Trinajstić information content (AvgIpc) is 3.26. The van der Waals surface area contributed by atoms with Gasteiger partial charge in [0.2, 0.25) is 5.82 Å². The summed E-state index contributed by atoms with van der Waals surface area (Å²) in [7, 11) is 4.02. The highest BCUT2D eigenvalue weighted by Gasteiger charge is 2.26. The Morgan fingerprint density at radius 1 is 0.964 bits per heavy atom. The molecule has 0 saturated heterocycles. The molecule has 2 aromatic carbocycles. The molecule has 1 aliphatic carbocycles. The molecule has 1 fully saturated rings. The summed E-state index contributed by atoms with van der Waals surface area (Å²) in [4.78, 5) is 11.4. The fourth-order valence-electron chi connectivity index (χ4n) is 3.10. The lowest BCUT2D eigenvalue weighted by atomic mass is 10.1. The van der Waals surface area contributed by atoms with Crippen molar-refractivity contribution in [2.24, 2.45) is 0 Å². The second-order valence-corrected chi connectivity index (χ2v) is 8.18. The second kappa shape index (κ2) is 6.87. The summed E-state index contributed by atoms with van der Waals surface area (Å²) in [5, 5.41) is 7.57. The lowest BCUT2D eigenvalue weighted by Gasteiger charge is -2.12. The van der Waals surface area contributed by atoms with Crippen LogP contribution in [0.5, 0.6) is 0 Å². The van der Waals surface area contributed by atoms with Crippen molar-refractivity contribution in [3.63, 3.8) is 0 Å². The van der Waals surface area contributed by atoms with Crippen molar-refractivity contribution in [3.8, 4) is 34.1 Å². The van der Waals surface area contributed by atoms with Crippen molar-refractivity contribution in [2.45, 2.75) is 18.8 Å². The smallest absolute Gasteiger partial charge is 0.258 e. The summed E-state index contributed by atoms with van der Waals surface area (Å²) < 4.78 is 5.50. The van der Waals surface area contributed by atoms with Gasteiger partial charge in [0, 0.05) is 47.8 Å². The first kappa shape index (κ1) is 17.1. The van der Waals surface area contributed by atoms with Crippen LogP contribution >= 0.6 is 11.3 Å². The molecule has 1 aliphatic rings. The molecule has 2 aromatic heterocycles. The molecule has 0 bridgehead atoms. The molecule has 28 heavy (non-hydrogen) atoms. The van der Waals surface area contributed by atoms with Gasteiger partial charge in [0.15, 0.2) is 0 Å². The van der Waals surface area contributed by atoms with Crippen LogP contribution in [-0.4, -0.2) is 29.2 Å². The van der Waals surface area contributed by atoms with Gasteiger partial charge in [0.1, 0.15) is 0 Å². The van der Waals surface area contributed by atoms with Crippen molar-refractivity contribution in [3.05, 3.63) is 58.9 Å². The van der Waals surface area contributed by atoms with Gasteiger partial charge < -0.3 is 9.42 Å². The van der Waals surface area contributed by atoms with E-state index in [9.17, 15) is 0 Å². The predicted octanol–water partition coefficient (Wildman–Crippen LogP) is 5.47. The Hall–Kier alpha value is -2.99. The number of hydrogen-bond donors (Lipinski definition) is 0. The minimum absolute atomic E-state index is 0.524. The molecular weight excluding hydrogens is 368 g/mol. The van der Waals surface area contributed by atoms with Crippen molar-refractivity contribution in [2.75, 3.05) is 19.0 Å². The minimum Gasteiger partial charge on any atom is -0.378 e. The van der Waals surface area contributed by atoms with Gasteiger partial charge in [0.05, 0.1) is 10.7 Å². The third-order valence-corrected chi connectivity index (χ3v) is 5.93. The largest absolute Gasteiger partial charge is 0.378 e. The highest BCUT2D eigenvalue weighted by molar-refractivity contribution is 7.10. The van der Waals surface area contributed by atoms with Crippen LogP contribution in [0.2, 0.25) is 0 Å². The normalized spacial score (nSPS) is 13.6. The molecule has 0 radical (unpaired) electrons. The summed E-state index contributed by atoms with van der Waals surface area (Å²) in [5.41, 5.74) is 5.11. The third-order valence-electron chi connectivity index (χ3n) is 4.92. The van der Waals surface area contributed by atoms with Crippen molar-refractivity contribution in [1.82, 2.24) is 15.1 Å². The fourth-order valence-corrected chi connectivity index (χ4v) is 4.10. The van der Waals surface area contributed by atoms with E-state index >= 15 is 0 Å².